The first-order valence-electron chi connectivity index (χ1n) is 31.4. The molecule has 2 heteroatoms. The van der Waals surface area contributed by atoms with Gasteiger partial charge < -0.3 is 4.90 Å². The lowest BCUT2D eigenvalue weighted by molar-refractivity contribution is 0.711. The fourth-order valence-corrected chi connectivity index (χ4v) is 15.6. The van der Waals surface area contributed by atoms with Gasteiger partial charge in [-0.3, -0.25) is 0 Å². The molecule has 1 aromatic heterocycles. The molecule has 0 saturated carbocycles. The fourth-order valence-electron chi connectivity index (χ4n) is 14.3. The highest BCUT2D eigenvalue weighted by molar-refractivity contribution is 7.26. The van der Waals surface area contributed by atoms with Crippen molar-refractivity contribution in [3.63, 3.8) is 0 Å². The second-order valence-electron chi connectivity index (χ2n) is 23.8. The van der Waals surface area contributed by atoms with E-state index in [-0.39, 0.29) is 5.92 Å². The molecule has 90 heavy (non-hydrogen) atoms. The Morgan fingerprint density at radius 1 is 0.289 bits per heavy atom. The summed E-state index contributed by atoms with van der Waals surface area (Å²) < 4.78 is 2.62. The van der Waals surface area contributed by atoms with Gasteiger partial charge in [-0.05, 0) is 161 Å². The summed E-state index contributed by atoms with van der Waals surface area (Å²) in [5, 5.41) is 2.61. The standard InChI is InChI=1S/C88H63NS/c1-4-20-62(21-5-1)65-41-38-61(39-42-65)40-59-76(68-45-43-66(44-46-68)63-22-6-2-7-23-63)69-47-53-71(54-48-69)88(84-35-15-12-30-80(84)78-28-10-11-29-79(78)81-31-13-16-36-85(81)88)72-26-18-27-75(60-72)89(73-55-49-67(50-56-73)64-24-8-3-9-25-64)74-57-51-70(52-58-74)77-33-19-34-83-82-32-14-17-37-86(82)90-87(77)83/h1-39,41-58,60,76H,40,59H2. The van der Waals surface area contributed by atoms with E-state index in [2.05, 4.69) is 357 Å². The van der Waals surface area contributed by atoms with Gasteiger partial charge >= 0.3 is 0 Å². The van der Waals surface area contributed by atoms with Gasteiger partial charge in [0.25, 0.3) is 0 Å². The van der Waals surface area contributed by atoms with Gasteiger partial charge in [0, 0.05) is 43.2 Å². The molecule has 1 nitrogen and oxygen atoms in total. The predicted octanol–water partition coefficient (Wildman–Crippen LogP) is 24.0. The van der Waals surface area contributed by atoms with Gasteiger partial charge in [-0.25, -0.2) is 0 Å². The molecule has 426 valence electrons. The van der Waals surface area contributed by atoms with Crippen LogP contribution in [0.2, 0.25) is 0 Å². The van der Waals surface area contributed by atoms with Crippen LogP contribution >= 0.6 is 11.3 Å². The summed E-state index contributed by atoms with van der Waals surface area (Å²) in [5.74, 6) is 0.140. The molecule has 1 aliphatic rings. The molecule has 0 fully saturated rings. The van der Waals surface area contributed by atoms with Crippen molar-refractivity contribution in [2.45, 2.75) is 24.2 Å². The first-order chi connectivity index (χ1) is 44.6. The second-order valence-corrected chi connectivity index (χ2v) is 24.8. The van der Waals surface area contributed by atoms with E-state index in [1.54, 1.807) is 0 Å². The van der Waals surface area contributed by atoms with Crippen LogP contribution in [0.15, 0.2) is 352 Å². The van der Waals surface area contributed by atoms with E-state index in [9.17, 15) is 0 Å². The molecular formula is C88H63NS. The summed E-state index contributed by atoms with van der Waals surface area (Å²) in [7, 11) is 0. The number of aryl methyl sites for hydroxylation is 1. The van der Waals surface area contributed by atoms with Crippen LogP contribution in [-0.4, -0.2) is 0 Å². The lowest BCUT2D eigenvalue weighted by Crippen LogP contribution is -2.32. The van der Waals surface area contributed by atoms with Crippen molar-refractivity contribution in [2.75, 3.05) is 4.90 Å². The van der Waals surface area contributed by atoms with Gasteiger partial charge in [-0.2, -0.15) is 0 Å². The van der Waals surface area contributed by atoms with Gasteiger partial charge in [0.15, 0.2) is 0 Å². The maximum atomic E-state index is 2.48. The van der Waals surface area contributed by atoms with E-state index < -0.39 is 5.41 Å². The minimum Gasteiger partial charge on any atom is -0.310 e. The zero-order chi connectivity index (χ0) is 59.8. The minimum absolute atomic E-state index is 0.140. The van der Waals surface area contributed by atoms with Crippen molar-refractivity contribution < 1.29 is 0 Å². The molecule has 15 aromatic rings. The Morgan fingerprint density at radius 2 is 0.711 bits per heavy atom. The van der Waals surface area contributed by atoms with Gasteiger partial charge in [0.2, 0.25) is 0 Å². The molecule has 0 bridgehead atoms. The van der Waals surface area contributed by atoms with E-state index in [0.29, 0.717) is 0 Å². The van der Waals surface area contributed by atoms with Crippen molar-refractivity contribution in [3.8, 4) is 66.8 Å². The molecule has 0 spiro atoms. The van der Waals surface area contributed by atoms with Crippen molar-refractivity contribution in [1.29, 1.82) is 0 Å². The van der Waals surface area contributed by atoms with Crippen molar-refractivity contribution in [1.82, 2.24) is 0 Å². The Bertz CT molecular complexity index is 4940. The molecule has 0 N–H and O–H groups in total. The molecule has 0 amide bonds. The summed E-state index contributed by atoms with van der Waals surface area (Å²) in [4.78, 5) is 2.45. The predicted molar refractivity (Wildman–Crippen MR) is 382 cm³/mol. The fraction of sp³-hybridized carbons (Fsp3) is 0.0455. The third-order valence-corrected chi connectivity index (χ3v) is 19.9. The number of thiophene rings is 1. The number of hydrogen-bond acceptors (Lipinski definition) is 2. The minimum atomic E-state index is -0.774. The van der Waals surface area contributed by atoms with Crippen molar-refractivity contribution >= 4 is 48.6 Å². The number of nitrogens with zero attached hydrogens (tertiary/aromatic N) is 1. The lowest BCUT2D eigenvalue weighted by Gasteiger charge is -2.39. The van der Waals surface area contributed by atoms with Crippen molar-refractivity contribution in [2.24, 2.45) is 0 Å². The highest BCUT2D eigenvalue weighted by Crippen LogP contribution is 2.56. The van der Waals surface area contributed by atoms with Gasteiger partial charge in [0.05, 0.1) is 5.41 Å². The van der Waals surface area contributed by atoms with E-state index in [1.807, 2.05) is 11.3 Å². The third kappa shape index (κ3) is 9.93. The first kappa shape index (κ1) is 54.5. The van der Waals surface area contributed by atoms with E-state index in [4.69, 9.17) is 0 Å². The number of fused-ring (bicyclic) bond motifs is 8. The monoisotopic (exact) mass is 1170 g/mol. The Hall–Kier alpha value is -10.9. The van der Waals surface area contributed by atoms with E-state index in [1.165, 1.54) is 126 Å². The number of rotatable bonds is 14. The van der Waals surface area contributed by atoms with Crippen LogP contribution in [0.1, 0.15) is 51.3 Å². The van der Waals surface area contributed by atoms with Crippen LogP contribution in [-0.2, 0) is 11.8 Å². The topological polar surface area (TPSA) is 3.24 Å². The summed E-state index contributed by atoms with van der Waals surface area (Å²) in [5.41, 5.74) is 26.0. The average Bonchev–Trinajstić information content (AvgIpc) is 1.49. The van der Waals surface area contributed by atoms with Gasteiger partial charge in [-0.1, -0.05) is 309 Å². The van der Waals surface area contributed by atoms with Crippen molar-refractivity contribution in [3.05, 3.63) is 391 Å². The van der Waals surface area contributed by atoms with Gasteiger partial charge in [0.1, 0.15) is 0 Å². The molecular weight excluding hydrogens is 1100 g/mol. The zero-order valence-electron chi connectivity index (χ0n) is 49.8. The van der Waals surface area contributed by atoms with Gasteiger partial charge in [-0.15, -0.1) is 11.3 Å². The first-order valence-corrected chi connectivity index (χ1v) is 32.2. The Morgan fingerprint density at radius 3 is 1.28 bits per heavy atom. The highest BCUT2D eigenvalue weighted by atomic mass is 32.1. The Labute approximate surface area is 531 Å². The summed E-state index contributed by atoms with van der Waals surface area (Å²) in [6, 6.07) is 131. The molecule has 1 aliphatic carbocycles. The van der Waals surface area contributed by atoms with Crippen LogP contribution in [0.25, 0.3) is 86.9 Å². The van der Waals surface area contributed by atoms with Crippen LogP contribution in [0.4, 0.5) is 17.1 Å². The second kappa shape index (κ2) is 23.7. The zero-order valence-corrected chi connectivity index (χ0v) is 50.6. The quantitative estimate of drug-likeness (QED) is 0.105. The molecule has 1 unspecified atom stereocenters. The molecule has 1 heterocycles. The van der Waals surface area contributed by atoms with Crippen LogP contribution < -0.4 is 4.90 Å². The summed E-state index contributed by atoms with van der Waals surface area (Å²) in [6.45, 7) is 0. The summed E-state index contributed by atoms with van der Waals surface area (Å²) in [6.07, 6.45) is 1.89. The van der Waals surface area contributed by atoms with Crippen LogP contribution in [0, 0.1) is 0 Å². The number of anilines is 3. The van der Waals surface area contributed by atoms with E-state index >= 15 is 0 Å². The summed E-state index contributed by atoms with van der Waals surface area (Å²) >= 11 is 1.88. The molecule has 16 rings (SSSR count). The number of hydrogen-bond donors (Lipinski definition) is 0. The third-order valence-electron chi connectivity index (χ3n) is 18.7. The van der Waals surface area contributed by atoms with E-state index in [0.717, 1.165) is 29.9 Å². The largest absolute Gasteiger partial charge is 0.310 e. The lowest BCUT2D eigenvalue weighted by atomic mass is 9.63. The smallest absolute Gasteiger partial charge is 0.0714 e. The number of benzene rings is 14. The Kier molecular flexibility index (Phi) is 14.3. The normalized spacial score (nSPS) is 12.6. The molecule has 0 radical (unpaired) electrons. The molecule has 1 atom stereocenters. The SMILES string of the molecule is c1ccc(-c2ccc(CCC(c3ccc(-c4ccccc4)cc3)c3ccc(C4(c5cccc(N(c6ccc(-c7ccccc7)cc6)c6ccc(-c7cccc8c7sc7ccccc78)cc6)c5)c5ccccc5-c5ccccc5-c5ccccc54)cc3)cc2)cc1. The molecule has 0 saturated heterocycles. The molecule has 14 aromatic carbocycles. The van der Waals surface area contributed by atoms with Crippen LogP contribution in [0.5, 0.6) is 0 Å². The average molecular weight is 1170 g/mol. The molecule has 0 aliphatic heterocycles. The highest BCUT2D eigenvalue weighted by Gasteiger charge is 2.44. The maximum absolute atomic E-state index is 2.48. The Balaban J connectivity index is 0.854. The maximum Gasteiger partial charge on any atom is 0.0714 e. The van der Waals surface area contributed by atoms with Crippen LogP contribution in [0.3, 0.4) is 0 Å².